The molecule has 0 unspecified atom stereocenters. The molecule has 1 amide bonds. The fraction of sp³-hybridized carbons (Fsp3) is 0.478. The van der Waals surface area contributed by atoms with Gasteiger partial charge < -0.3 is 9.64 Å². The number of ketones is 1. The van der Waals surface area contributed by atoms with Gasteiger partial charge in [0, 0.05) is 29.4 Å². The van der Waals surface area contributed by atoms with Gasteiger partial charge in [0.1, 0.15) is 5.75 Å². The van der Waals surface area contributed by atoms with Crippen LogP contribution in [0.1, 0.15) is 63.6 Å². The van der Waals surface area contributed by atoms with E-state index >= 15 is 0 Å². The van der Waals surface area contributed by atoms with Gasteiger partial charge in [-0.25, -0.2) is 0 Å². The number of nitrogens with zero attached hydrogens (tertiary/aromatic N) is 1. The van der Waals surface area contributed by atoms with Gasteiger partial charge in [0.25, 0.3) is 5.91 Å². The van der Waals surface area contributed by atoms with Crippen LogP contribution >= 0.6 is 11.3 Å². The zero-order valence-electron chi connectivity index (χ0n) is 17.0. The van der Waals surface area contributed by atoms with Crippen LogP contribution in [0.4, 0.5) is 0 Å². The molecule has 5 heteroatoms. The summed E-state index contributed by atoms with van der Waals surface area (Å²) in [7, 11) is 1.62. The minimum Gasteiger partial charge on any atom is -0.497 e. The second kappa shape index (κ2) is 9.37. The molecule has 0 radical (unpaired) electrons. The van der Waals surface area contributed by atoms with Crippen molar-refractivity contribution in [2.45, 2.75) is 46.0 Å². The standard InChI is InChI=1S/C23H29NO3S/c1-4-6-20-16(5-2)15-21(28-20)23(26)24-13-11-18(12-14-24)22(25)17-7-9-19(27-3)10-8-17/h7-10,15,18H,4-6,11-14H2,1-3H3. The lowest BCUT2D eigenvalue weighted by atomic mass is 9.89. The van der Waals surface area contributed by atoms with Gasteiger partial charge in [-0.05, 0) is 61.6 Å². The number of piperidine rings is 1. The molecule has 1 aromatic carbocycles. The van der Waals surface area contributed by atoms with E-state index in [1.54, 1.807) is 18.4 Å². The summed E-state index contributed by atoms with van der Waals surface area (Å²) in [6.45, 7) is 5.61. The first kappa shape index (κ1) is 20.6. The third-order valence-electron chi connectivity index (χ3n) is 5.49. The molecule has 0 bridgehead atoms. The molecule has 150 valence electrons. The number of hydrogen-bond donors (Lipinski definition) is 0. The molecule has 1 fully saturated rings. The Morgan fingerprint density at radius 2 is 1.82 bits per heavy atom. The van der Waals surface area contributed by atoms with Crippen molar-refractivity contribution in [3.05, 3.63) is 51.2 Å². The number of benzene rings is 1. The Morgan fingerprint density at radius 3 is 2.39 bits per heavy atom. The second-order valence-electron chi connectivity index (χ2n) is 7.32. The fourth-order valence-electron chi connectivity index (χ4n) is 3.80. The third-order valence-corrected chi connectivity index (χ3v) is 6.72. The number of carbonyl (C=O) groups excluding carboxylic acids is 2. The molecule has 0 spiro atoms. The van der Waals surface area contributed by atoms with Crippen molar-refractivity contribution in [3.63, 3.8) is 0 Å². The largest absolute Gasteiger partial charge is 0.497 e. The summed E-state index contributed by atoms with van der Waals surface area (Å²) in [6, 6.07) is 9.37. The molecular weight excluding hydrogens is 370 g/mol. The summed E-state index contributed by atoms with van der Waals surface area (Å²) >= 11 is 1.65. The Kier molecular flexibility index (Phi) is 6.89. The van der Waals surface area contributed by atoms with E-state index in [1.165, 1.54) is 10.4 Å². The smallest absolute Gasteiger partial charge is 0.263 e. The third kappa shape index (κ3) is 4.46. The normalized spacial score (nSPS) is 14.9. The van der Waals surface area contributed by atoms with Gasteiger partial charge in [-0.1, -0.05) is 20.3 Å². The Labute approximate surface area is 171 Å². The Hall–Kier alpha value is -2.14. The first-order valence-electron chi connectivity index (χ1n) is 10.2. The molecule has 1 saturated heterocycles. The number of hydrogen-bond acceptors (Lipinski definition) is 4. The molecule has 0 saturated carbocycles. The topological polar surface area (TPSA) is 46.6 Å². The molecule has 28 heavy (non-hydrogen) atoms. The molecule has 2 aromatic rings. The minimum absolute atomic E-state index is 0.0114. The van der Waals surface area contributed by atoms with E-state index in [0.29, 0.717) is 13.1 Å². The van der Waals surface area contributed by atoms with Crippen LogP contribution in [0, 0.1) is 5.92 Å². The first-order valence-corrected chi connectivity index (χ1v) is 11.0. The summed E-state index contributed by atoms with van der Waals surface area (Å²) in [5.41, 5.74) is 2.03. The number of ether oxygens (including phenoxy) is 1. The Bertz CT molecular complexity index is 817. The van der Waals surface area contributed by atoms with Crippen LogP contribution < -0.4 is 4.74 Å². The summed E-state index contributed by atoms with van der Waals surface area (Å²) in [5.74, 6) is 1.03. The van der Waals surface area contributed by atoms with Gasteiger partial charge in [0.2, 0.25) is 0 Å². The zero-order chi connectivity index (χ0) is 20.1. The van der Waals surface area contributed by atoms with E-state index in [4.69, 9.17) is 4.74 Å². The molecule has 0 N–H and O–H groups in total. The number of likely N-dealkylation sites (tertiary alicyclic amines) is 1. The predicted octanol–water partition coefficient (Wildman–Crippen LogP) is 5.01. The molecule has 1 aliphatic heterocycles. The van der Waals surface area contributed by atoms with Crippen molar-refractivity contribution >= 4 is 23.0 Å². The predicted molar refractivity (Wildman–Crippen MR) is 114 cm³/mol. The maximum atomic E-state index is 12.9. The molecule has 0 aliphatic carbocycles. The highest BCUT2D eigenvalue weighted by atomic mass is 32.1. The number of methoxy groups -OCH3 is 1. The van der Waals surface area contributed by atoms with Gasteiger partial charge in [-0.3, -0.25) is 9.59 Å². The molecule has 3 rings (SSSR count). The van der Waals surface area contributed by atoms with Gasteiger partial charge in [0.15, 0.2) is 5.78 Å². The highest BCUT2D eigenvalue weighted by Gasteiger charge is 2.29. The van der Waals surface area contributed by atoms with Crippen molar-refractivity contribution in [3.8, 4) is 5.75 Å². The monoisotopic (exact) mass is 399 g/mol. The van der Waals surface area contributed by atoms with Crippen LogP contribution in [0.25, 0.3) is 0 Å². The highest BCUT2D eigenvalue weighted by Crippen LogP contribution is 2.28. The second-order valence-corrected chi connectivity index (χ2v) is 8.46. The number of amides is 1. The molecule has 4 nitrogen and oxygen atoms in total. The lowest BCUT2D eigenvalue weighted by Crippen LogP contribution is -2.40. The van der Waals surface area contributed by atoms with E-state index in [9.17, 15) is 9.59 Å². The molecule has 2 heterocycles. The lowest BCUT2D eigenvalue weighted by Gasteiger charge is -2.31. The van der Waals surface area contributed by atoms with Gasteiger partial charge in [0.05, 0.1) is 12.0 Å². The van der Waals surface area contributed by atoms with E-state index in [1.807, 2.05) is 29.2 Å². The number of carbonyl (C=O) groups is 2. The fourth-order valence-corrected chi connectivity index (χ4v) is 5.12. The van der Waals surface area contributed by atoms with Crippen LogP contribution in [0.5, 0.6) is 5.75 Å². The zero-order valence-corrected chi connectivity index (χ0v) is 17.8. The van der Waals surface area contributed by atoms with Gasteiger partial charge in [-0.2, -0.15) is 0 Å². The van der Waals surface area contributed by atoms with Gasteiger partial charge >= 0.3 is 0 Å². The van der Waals surface area contributed by atoms with E-state index < -0.39 is 0 Å². The van der Waals surface area contributed by atoms with Crippen LogP contribution in [0.3, 0.4) is 0 Å². The molecule has 1 aromatic heterocycles. The lowest BCUT2D eigenvalue weighted by molar-refractivity contribution is 0.0654. The van der Waals surface area contributed by atoms with Crippen molar-refractivity contribution < 1.29 is 14.3 Å². The van der Waals surface area contributed by atoms with E-state index in [0.717, 1.165) is 48.3 Å². The molecule has 1 aliphatic rings. The first-order chi connectivity index (χ1) is 13.6. The highest BCUT2D eigenvalue weighted by molar-refractivity contribution is 7.14. The Balaban J connectivity index is 1.61. The summed E-state index contributed by atoms with van der Waals surface area (Å²) in [5, 5.41) is 0. The van der Waals surface area contributed by atoms with Crippen LogP contribution in [0.2, 0.25) is 0 Å². The van der Waals surface area contributed by atoms with Crippen LogP contribution in [0.15, 0.2) is 30.3 Å². The summed E-state index contributed by atoms with van der Waals surface area (Å²) < 4.78 is 5.16. The van der Waals surface area contributed by atoms with Crippen molar-refractivity contribution in [2.75, 3.05) is 20.2 Å². The maximum Gasteiger partial charge on any atom is 0.263 e. The van der Waals surface area contributed by atoms with Gasteiger partial charge in [-0.15, -0.1) is 11.3 Å². The van der Waals surface area contributed by atoms with Crippen LogP contribution in [-0.4, -0.2) is 36.8 Å². The van der Waals surface area contributed by atoms with E-state index in [-0.39, 0.29) is 17.6 Å². The summed E-state index contributed by atoms with van der Waals surface area (Å²) in [4.78, 5) is 29.8. The number of rotatable bonds is 7. The number of thiophene rings is 1. The quantitative estimate of drug-likeness (QED) is 0.615. The SMILES string of the molecule is CCCc1sc(C(=O)N2CCC(C(=O)c3ccc(OC)cc3)CC2)cc1CC. The minimum atomic E-state index is -0.0114. The number of Topliss-reactive ketones (excluding diaryl/α,β-unsaturated/α-hetero) is 1. The molecule has 0 atom stereocenters. The van der Waals surface area contributed by atoms with Crippen LogP contribution in [-0.2, 0) is 12.8 Å². The molecular formula is C23H29NO3S. The van der Waals surface area contributed by atoms with E-state index in [2.05, 4.69) is 19.9 Å². The summed E-state index contributed by atoms with van der Waals surface area (Å²) in [6.07, 6.45) is 4.56. The Morgan fingerprint density at radius 1 is 1.14 bits per heavy atom. The average molecular weight is 400 g/mol. The average Bonchev–Trinajstić information content (AvgIpc) is 3.16. The van der Waals surface area contributed by atoms with Crippen molar-refractivity contribution in [2.24, 2.45) is 5.92 Å². The maximum absolute atomic E-state index is 12.9. The van der Waals surface area contributed by atoms with Crippen molar-refractivity contribution in [1.29, 1.82) is 0 Å². The number of aryl methyl sites for hydroxylation is 2. The van der Waals surface area contributed by atoms with Crippen molar-refractivity contribution in [1.82, 2.24) is 4.90 Å².